The van der Waals surface area contributed by atoms with E-state index in [0.29, 0.717) is 25.9 Å². The summed E-state index contributed by atoms with van der Waals surface area (Å²) in [7, 11) is 0. The molecular formula is C86H171NO5. The van der Waals surface area contributed by atoms with Gasteiger partial charge < -0.3 is 20.3 Å². The molecule has 0 saturated carbocycles. The van der Waals surface area contributed by atoms with Crippen molar-refractivity contribution in [2.75, 3.05) is 13.2 Å². The molecule has 6 nitrogen and oxygen atoms in total. The average molecular weight is 1300 g/mol. The van der Waals surface area contributed by atoms with Crippen LogP contribution in [0.4, 0.5) is 0 Å². The first-order chi connectivity index (χ1) is 45.5. The van der Waals surface area contributed by atoms with Crippen LogP contribution in [-0.2, 0) is 14.3 Å². The fourth-order valence-electron chi connectivity index (χ4n) is 14.4. The van der Waals surface area contributed by atoms with Crippen molar-refractivity contribution in [2.24, 2.45) is 0 Å². The summed E-state index contributed by atoms with van der Waals surface area (Å²) >= 11 is 0. The Bertz CT molecular complexity index is 1360. The quantitative estimate of drug-likeness (QED) is 0.0417. The SMILES string of the molecule is CCCCCCCCCCCCCCCCCCCCCCCCCCC(O)C(CO)NC(=O)CCCCCCCCCCCCCCCCCCCCCCCCCCCCCCCCCCOC(=O)CCCCCCCCCCCCCCCCCCCCC. The van der Waals surface area contributed by atoms with Crippen LogP contribution in [0.5, 0.6) is 0 Å². The Labute approximate surface area is 578 Å². The van der Waals surface area contributed by atoms with Crippen molar-refractivity contribution in [1.82, 2.24) is 5.32 Å². The normalized spacial score (nSPS) is 12.3. The zero-order chi connectivity index (χ0) is 66.3. The van der Waals surface area contributed by atoms with E-state index in [1.807, 2.05) is 0 Å². The van der Waals surface area contributed by atoms with Crippen LogP contribution in [0, 0.1) is 0 Å². The van der Waals surface area contributed by atoms with Crippen LogP contribution >= 0.6 is 0 Å². The summed E-state index contributed by atoms with van der Waals surface area (Å²) in [5.41, 5.74) is 0. The van der Waals surface area contributed by atoms with Crippen molar-refractivity contribution in [1.29, 1.82) is 0 Å². The Hall–Kier alpha value is -1.14. The van der Waals surface area contributed by atoms with E-state index < -0.39 is 12.1 Å². The van der Waals surface area contributed by atoms with Gasteiger partial charge in [-0.3, -0.25) is 9.59 Å². The summed E-state index contributed by atoms with van der Waals surface area (Å²) in [5, 5.41) is 23.5. The summed E-state index contributed by atoms with van der Waals surface area (Å²) in [6.45, 7) is 5.03. The molecule has 2 atom stereocenters. The summed E-state index contributed by atoms with van der Waals surface area (Å²) in [5.74, 6) is 0.00453. The van der Waals surface area contributed by atoms with Crippen LogP contribution in [-0.4, -0.2) is 47.4 Å². The van der Waals surface area contributed by atoms with Crippen LogP contribution in [0.25, 0.3) is 0 Å². The van der Waals surface area contributed by atoms with Gasteiger partial charge in [0.05, 0.1) is 25.4 Å². The Morgan fingerprint density at radius 1 is 0.261 bits per heavy atom. The average Bonchev–Trinajstić information content (AvgIpc) is 3.51. The lowest BCUT2D eigenvalue weighted by atomic mass is 10.0. The van der Waals surface area contributed by atoms with Crippen LogP contribution in [0.2, 0.25) is 0 Å². The monoisotopic (exact) mass is 1300 g/mol. The van der Waals surface area contributed by atoms with E-state index in [1.54, 1.807) is 0 Å². The molecule has 0 rings (SSSR count). The number of carbonyl (C=O) groups excluding carboxylic acids is 2. The Morgan fingerprint density at radius 3 is 0.663 bits per heavy atom. The number of rotatable bonds is 83. The van der Waals surface area contributed by atoms with Crippen molar-refractivity contribution < 1.29 is 24.5 Å². The summed E-state index contributed by atoms with van der Waals surface area (Å²) < 4.78 is 5.53. The maximum Gasteiger partial charge on any atom is 0.305 e. The van der Waals surface area contributed by atoms with Crippen molar-refractivity contribution in [3.05, 3.63) is 0 Å². The molecule has 3 N–H and O–H groups in total. The lowest BCUT2D eigenvalue weighted by molar-refractivity contribution is -0.143. The van der Waals surface area contributed by atoms with Gasteiger partial charge in [-0.2, -0.15) is 0 Å². The molecule has 0 heterocycles. The van der Waals surface area contributed by atoms with Gasteiger partial charge in [0.1, 0.15) is 0 Å². The van der Waals surface area contributed by atoms with Crippen molar-refractivity contribution in [3.8, 4) is 0 Å². The van der Waals surface area contributed by atoms with Gasteiger partial charge in [0, 0.05) is 12.8 Å². The largest absolute Gasteiger partial charge is 0.466 e. The second-order valence-electron chi connectivity index (χ2n) is 30.2. The lowest BCUT2D eigenvalue weighted by Gasteiger charge is -2.22. The third-order valence-corrected chi connectivity index (χ3v) is 20.9. The molecule has 0 bridgehead atoms. The molecular weight excluding hydrogens is 1130 g/mol. The minimum Gasteiger partial charge on any atom is -0.466 e. The number of hydrogen-bond acceptors (Lipinski definition) is 5. The number of aliphatic hydroxyl groups excluding tert-OH is 2. The molecule has 0 aliphatic carbocycles. The number of amides is 1. The molecule has 0 aromatic rings. The minimum absolute atomic E-state index is 0.0234. The first kappa shape index (κ1) is 90.9. The highest BCUT2D eigenvalue weighted by molar-refractivity contribution is 5.76. The standard InChI is InChI=1S/C86H171NO5/c1-3-5-7-9-11-13-15-17-19-21-23-24-25-36-39-43-46-50-54-58-62-66-70-74-78-84(89)83(82-88)87-85(90)79-75-71-67-63-59-55-51-47-44-40-37-34-32-30-28-26-27-29-31-33-35-38-41-45-49-53-57-61-65-69-73-77-81-92-86(91)80-76-72-68-64-60-56-52-48-42-22-20-18-16-14-12-10-8-6-4-2/h83-84,88-89H,3-82H2,1-2H3,(H,87,90). The molecule has 0 radical (unpaired) electrons. The molecule has 0 aliphatic heterocycles. The Balaban J connectivity index is 3.31. The molecule has 2 unspecified atom stereocenters. The van der Waals surface area contributed by atoms with Crippen molar-refractivity contribution >= 4 is 11.9 Å². The number of nitrogens with one attached hydrogen (secondary N) is 1. The third-order valence-electron chi connectivity index (χ3n) is 20.9. The fraction of sp³-hybridized carbons (Fsp3) is 0.977. The first-order valence-corrected chi connectivity index (χ1v) is 43.3. The van der Waals surface area contributed by atoms with E-state index in [2.05, 4.69) is 19.2 Å². The molecule has 550 valence electrons. The van der Waals surface area contributed by atoms with Gasteiger partial charge in [0.15, 0.2) is 0 Å². The predicted octanol–water partition coefficient (Wildman–Crippen LogP) is 28.8. The van der Waals surface area contributed by atoms with Crippen LogP contribution in [0.1, 0.15) is 515 Å². The van der Waals surface area contributed by atoms with Gasteiger partial charge in [-0.15, -0.1) is 0 Å². The molecule has 92 heavy (non-hydrogen) atoms. The molecule has 0 aromatic carbocycles. The van der Waals surface area contributed by atoms with Gasteiger partial charge in [0.25, 0.3) is 0 Å². The molecule has 1 amide bonds. The van der Waals surface area contributed by atoms with Gasteiger partial charge >= 0.3 is 5.97 Å². The van der Waals surface area contributed by atoms with E-state index in [4.69, 9.17) is 4.74 Å². The van der Waals surface area contributed by atoms with E-state index in [1.165, 1.54) is 443 Å². The highest BCUT2D eigenvalue weighted by Crippen LogP contribution is 2.21. The highest BCUT2D eigenvalue weighted by atomic mass is 16.5. The van der Waals surface area contributed by atoms with Crippen LogP contribution < -0.4 is 5.32 Å². The number of unbranched alkanes of at least 4 members (excludes halogenated alkanes) is 72. The van der Waals surface area contributed by atoms with Gasteiger partial charge in [-0.25, -0.2) is 0 Å². The number of esters is 1. The molecule has 0 saturated heterocycles. The summed E-state index contributed by atoms with van der Waals surface area (Å²) in [4.78, 5) is 24.7. The summed E-state index contributed by atoms with van der Waals surface area (Å²) in [6, 6.07) is -0.539. The topological polar surface area (TPSA) is 95.9 Å². The molecule has 0 aromatic heterocycles. The minimum atomic E-state index is -0.662. The number of carbonyl (C=O) groups is 2. The van der Waals surface area contributed by atoms with E-state index in [-0.39, 0.29) is 18.5 Å². The molecule has 6 heteroatoms. The highest BCUT2D eigenvalue weighted by Gasteiger charge is 2.20. The van der Waals surface area contributed by atoms with E-state index in [0.717, 1.165) is 38.5 Å². The predicted molar refractivity (Wildman–Crippen MR) is 407 cm³/mol. The van der Waals surface area contributed by atoms with E-state index >= 15 is 0 Å². The number of aliphatic hydroxyl groups is 2. The smallest absolute Gasteiger partial charge is 0.305 e. The summed E-state index contributed by atoms with van der Waals surface area (Å²) in [6.07, 6.45) is 104. The van der Waals surface area contributed by atoms with Crippen LogP contribution in [0.15, 0.2) is 0 Å². The maximum absolute atomic E-state index is 12.6. The fourth-order valence-corrected chi connectivity index (χ4v) is 14.4. The third kappa shape index (κ3) is 77.9. The van der Waals surface area contributed by atoms with Gasteiger partial charge in [-0.05, 0) is 25.7 Å². The Morgan fingerprint density at radius 2 is 0.446 bits per heavy atom. The van der Waals surface area contributed by atoms with E-state index in [9.17, 15) is 19.8 Å². The Kier molecular flexibility index (Phi) is 81.3. The second-order valence-corrected chi connectivity index (χ2v) is 30.2. The molecule has 0 spiro atoms. The van der Waals surface area contributed by atoms with Crippen molar-refractivity contribution in [3.63, 3.8) is 0 Å². The van der Waals surface area contributed by atoms with Gasteiger partial charge in [0.2, 0.25) is 5.91 Å². The second kappa shape index (κ2) is 82.3. The zero-order valence-electron chi connectivity index (χ0n) is 63.3. The molecule has 0 aliphatic rings. The number of ether oxygens (including phenoxy) is 1. The first-order valence-electron chi connectivity index (χ1n) is 43.3. The zero-order valence-corrected chi connectivity index (χ0v) is 63.3. The lowest BCUT2D eigenvalue weighted by Crippen LogP contribution is -2.45. The van der Waals surface area contributed by atoms with Crippen LogP contribution in [0.3, 0.4) is 0 Å². The van der Waals surface area contributed by atoms with Crippen molar-refractivity contribution in [2.45, 2.75) is 527 Å². The number of hydrogen-bond donors (Lipinski definition) is 3. The molecule has 0 fully saturated rings. The maximum atomic E-state index is 12.6. The van der Waals surface area contributed by atoms with Gasteiger partial charge in [-0.1, -0.05) is 476 Å².